The van der Waals surface area contributed by atoms with Gasteiger partial charge in [0.15, 0.2) is 0 Å². The summed E-state index contributed by atoms with van der Waals surface area (Å²) >= 11 is 0. The lowest BCUT2D eigenvalue weighted by Gasteiger charge is -2.31. The van der Waals surface area contributed by atoms with Crippen molar-refractivity contribution in [1.82, 2.24) is 9.97 Å². The molecule has 0 aromatic carbocycles. The highest BCUT2D eigenvalue weighted by Crippen LogP contribution is 2.26. The van der Waals surface area contributed by atoms with Crippen LogP contribution in [0.3, 0.4) is 0 Å². The van der Waals surface area contributed by atoms with E-state index in [1.165, 1.54) is 0 Å². The van der Waals surface area contributed by atoms with Gasteiger partial charge in [-0.1, -0.05) is 6.07 Å². The van der Waals surface area contributed by atoms with Crippen LogP contribution in [-0.4, -0.2) is 29.7 Å². The molecule has 20 heavy (non-hydrogen) atoms. The zero-order valence-electron chi connectivity index (χ0n) is 11.2. The Balaban J connectivity index is 1.80. The number of nitrogens with zero attached hydrogens (tertiary/aromatic N) is 2. The summed E-state index contributed by atoms with van der Waals surface area (Å²) in [6.07, 6.45) is 1.76. The monoisotopic (exact) mass is 271 g/mol. The smallest absolute Gasteiger partial charge is 0.213 e. The van der Waals surface area contributed by atoms with Crippen LogP contribution < -0.4 is 21.1 Å². The standard InChI is InChI=1S/C14H17N5O/c1-20-12-6-2-4-9(18-12)13(15)11-8-17-10-5-3-7-16-14(10)19-11/h2-7,11,13,17H,8,15H2,1H3,(H,16,19). The first kappa shape index (κ1) is 12.7. The molecule has 1 aliphatic heterocycles. The molecule has 2 aromatic heterocycles. The molecule has 0 amide bonds. The fourth-order valence-corrected chi connectivity index (χ4v) is 2.26. The summed E-state index contributed by atoms with van der Waals surface area (Å²) in [5.41, 5.74) is 8.09. The topological polar surface area (TPSA) is 85.1 Å². The van der Waals surface area contributed by atoms with Crippen molar-refractivity contribution in [2.75, 3.05) is 24.3 Å². The highest BCUT2D eigenvalue weighted by Gasteiger charge is 2.25. The molecule has 0 aliphatic carbocycles. The number of nitrogens with one attached hydrogen (secondary N) is 2. The van der Waals surface area contributed by atoms with Gasteiger partial charge < -0.3 is 21.1 Å². The number of hydrogen-bond acceptors (Lipinski definition) is 6. The zero-order chi connectivity index (χ0) is 13.9. The second kappa shape index (κ2) is 5.34. The Morgan fingerprint density at radius 2 is 2.25 bits per heavy atom. The van der Waals surface area contributed by atoms with Gasteiger partial charge in [-0.15, -0.1) is 0 Å². The molecule has 2 aromatic rings. The van der Waals surface area contributed by atoms with Crippen molar-refractivity contribution in [3.63, 3.8) is 0 Å². The van der Waals surface area contributed by atoms with E-state index in [1.807, 2.05) is 24.3 Å². The fraction of sp³-hybridized carbons (Fsp3) is 0.286. The van der Waals surface area contributed by atoms with Crippen LogP contribution >= 0.6 is 0 Å². The molecule has 4 N–H and O–H groups in total. The summed E-state index contributed by atoms with van der Waals surface area (Å²) in [4.78, 5) is 8.69. The first-order valence-electron chi connectivity index (χ1n) is 6.50. The quantitative estimate of drug-likeness (QED) is 0.782. The molecule has 0 spiro atoms. The van der Waals surface area contributed by atoms with Crippen LogP contribution in [0, 0.1) is 0 Å². The van der Waals surface area contributed by atoms with Crippen molar-refractivity contribution >= 4 is 11.5 Å². The molecule has 6 nitrogen and oxygen atoms in total. The average Bonchev–Trinajstić information content (AvgIpc) is 2.53. The van der Waals surface area contributed by atoms with Gasteiger partial charge in [-0.3, -0.25) is 0 Å². The largest absolute Gasteiger partial charge is 0.481 e. The normalized spacial score (nSPS) is 18.4. The maximum absolute atomic E-state index is 6.30. The van der Waals surface area contributed by atoms with Crippen molar-refractivity contribution in [3.8, 4) is 5.88 Å². The van der Waals surface area contributed by atoms with Crippen LogP contribution in [0.5, 0.6) is 5.88 Å². The van der Waals surface area contributed by atoms with Crippen molar-refractivity contribution < 1.29 is 4.74 Å². The van der Waals surface area contributed by atoms with Gasteiger partial charge in [0.2, 0.25) is 5.88 Å². The van der Waals surface area contributed by atoms with E-state index >= 15 is 0 Å². The maximum atomic E-state index is 6.30. The van der Waals surface area contributed by atoms with Crippen LogP contribution in [0.15, 0.2) is 36.5 Å². The number of ether oxygens (including phenoxy) is 1. The molecular weight excluding hydrogens is 254 g/mol. The summed E-state index contributed by atoms with van der Waals surface area (Å²) in [6, 6.07) is 9.27. The van der Waals surface area contributed by atoms with Crippen molar-refractivity contribution in [3.05, 3.63) is 42.2 Å². The van der Waals surface area contributed by atoms with Crippen LogP contribution in [0.2, 0.25) is 0 Å². The lowest BCUT2D eigenvalue weighted by molar-refractivity contribution is 0.394. The number of aromatic nitrogens is 2. The Labute approximate surface area is 117 Å². The van der Waals surface area contributed by atoms with Crippen LogP contribution in [0.1, 0.15) is 11.7 Å². The Bertz CT molecular complexity index is 604. The number of anilines is 2. The zero-order valence-corrected chi connectivity index (χ0v) is 11.2. The molecule has 2 unspecified atom stereocenters. The van der Waals surface area contributed by atoms with Gasteiger partial charge in [-0.2, -0.15) is 0 Å². The number of pyridine rings is 2. The summed E-state index contributed by atoms with van der Waals surface area (Å²) in [5.74, 6) is 1.39. The minimum Gasteiger partial charge on any atom is -0.481 e. The van der Waals surface area contributed by atoms with Gasteiger partial charge in [0.1, 0.15) is 5.82 Å². The SMILES string of the molecule is COc1cccc(C(N)C2CNc3cccnc3N2)n1. The molecule has 104 valence electrons. The van der Waals surface area contributed by atoms with Crippen LogP contribution in [-0.2, 0) is 0 Å². The highest BCUT2D eigenvalue weighted by molar-refractivity contribution is 5.66. The number of methoxy groups -OCH3 is 1. The van der Waals surface area contributed by atoms with E-state index in [2.05, 4.69) is 20.6 Å². The molecule has 0 fully saturated rings. The molecule has 0 saturated heterocycles. The maximum Gasteiger partial charge on any atom is 0.213 e. The van der Waals surface area contributed by atoms with Gasteiger partial charge in [0.05, 0.1) is 30.6 Å². The van der Waals surface area contributed by atoms with Crippen molar-refractivity contribution in [2.24, 2.45) is 5.73 Å². The minimum absolute atomic E-state index is 0.0250. The molecule has 3 rings (SSSR count). The third-order valence-corrected chi connectivity index (χ3v) is 3.37. The summed E-state index contributed by atoms with van der Waals surface area (Å²) < 4.78 is 5.13. The number of hydrogen-bond donors (Lipinski definition) is 3. The van der Waals surface area contributed by atoms with Crippen molar-refractivity contribution in [1.29, 1.82) is 0 Å². The van der Waals surface area contributed by atoms with E-state index < -0.39 is 0 Å². The predicted octanol–water partition coefficient (Wildman–Crippen LogP) is 1.39. The minimum atomic E-state index is -0.243. The van der Waals surface area contributed by atoms with E-state index in [0.29, 0.717) is 5.88 Å². The number of nitrogens with two attached hydrogens (primary N) is 1. The summed E-state index contributed by atoms with van der Waals surface area (Å²) in [5, 5.41) is 6.68. The molecule has 0 bridgehead atoms. The third kappa shape index (κ3) is 2.37. The average molecular weight is 271 g/mol. The molecule has 2 atom stereocenters. The Morgan fingerprint density at radius 3 is 3.10 bits per heavy atom. The Morgan fingerprint density at radius 1 is 1.35 bits per heavy atom. The molecule has 3 heterocycles. The third-order valence-electron chi connectivity index (χ3n) is 3.37. The molecule has 1 aliphatic rings. The van der Waals surface area contributed by atoms with E-state index in [1.54, 1.807) is 19.4 Å². The number of rotatable bonds is 3. The van der Waals surface area contributed by atoms with E-state index in [-0.39, 0.29) is 12.1 Å². The first-order valence-corrected chi connectivity index (χ1v) is 6.50. The summed E-state index contributed by atoms with van der Waals surface area (Å²) in [7, 11) is 1.60. The van der Waals surface area contributed by atoms with E-state index in [0.717, 1.165) is 23.7 Å². The highest BCUT2D eigenvalue weighted by atomic mass is 16.5. The Kier molecular flexibility index (Phi) is 3.39. The predicted molar refractivity (Wildman–Crippen MR) is 77.9 cm³/mol. The molecule has 0 saturated carbocycles. The van der Waals surface area contributed by atoms with Crippen LogP contribution in [0.25, 0.3) is 0 Å². The lowest BCUT2D eigenvalue weighted by Crippen LogP contribution is -2.42. The van der Waals surface area contributed by atoms with Gasteiger partial charge in [0.25, 0.3) is 0 Å². The van der Waals surface area contributed by atoms with Gasteiger partial charge in [-0.05, 0) is 18.2 Å². The molecule has 0 radical (unpaired) electrons. The van der Waals surface area contributed by atoms with E-state index in [9.17, 15) is 0 Å². The molecular formula is C14H17N5O. The van der Waals surface area contributed by atoms with Gasteiger partial charge in [-0.25, -0.2) is 9.97 Å². The fourth-order valence-electron chi connectivity index (χ4n) is 2.26. The lowest BCUT2D eigenvalue weighted by atomic mass is 10.0. The van der Waals surface area contributed by atoms with Crippen molar-refractivity contribution in [2.45, 2.75) is 12.1 Å². The van der Waals surface area contributed by atoms with Gasteiger partial charge >= 0.3 is 0 Å². The first-order chi connectivity index (χ1) is 9.78. The molecule has 6 heteroatoms. The Hall–Kier alpha value is -2.34. The number of fused-ring (bicyclic) bond motifs is 1. The summed E-state index contributed by atoms with van der Waals surface area (Å²) in [6.45, 7) is 0.721. The van der Waals surface area contributed by atoms with Crippen LogP contribution in [0.4, 0.5) is 11.5 Å². The van der Waals surface area contributed by atoms with Gasteiger partial charge in [0, 0.05) is 18.8 Å². The van der Waals surface area contributed by atoms with E-state index in [4.69, 9.17) is 10.5 Å². The second-order valence-corrected chi connectivity index (χ2v) is 4.66. The second-order valence-electron chi connectivity index (χ2n) is 4.66.